The number of ether oxygens (including phenoxy) is 1. The maximum Gasteiger partial charge on any atom is 0.416 e. The lowest BCUT2D eigenvalue weighted by Crippen LogP contribution is -2.48. The Bertz CT molecular complexity index is 1160. The van der Waals surface area contributed by atoms with Crippen molar-refractivity contribution in [3.05, 3.63) is 48.0 Å². The Hall–Kier alpha value is -2.79. The number of benzene rings is 2. The van der Waals surface area contributed by atoms with Crippen molar-refractivity contribution in [3.63, 3.8) is 0 Å². The van der Waals surface area contributed by atoms with E-state index in [1.54, 1.807) is 0 Å². The van der Waals surface area contributed by atoms with Crippen molar-refractivity contribution in [1.82, 2.24) is 4.90 Å². The van der Waals surface area contributed by atoms with E-state index in [1.807, 2.05) is 13.8 Å². The number of piperidine rings is 1. The molecule has 1 heterocycles. The molecule has 0 saturated carbocycles. The lowest BCUT2D eigenvalue weighted by atomic mass is 9.84. The van der Waals surface area contributed by atoms with E-state index in [1.165, 1.54) is 35.2 Å². The van der Waals surface area contributed by atoms with Gasteiger partial charge in [0, 0.05) is 31.1 Å². The Kier molecular flexibility index (Phi) is 7.71. The Morgan fingerprint density at radius 3 is 2.23 bits per heavy atom. The second-order valence-electron chi connectivity index (χ2n) is 9.33. The molecule has 2 amide bonds. The minimum atomic E-state index is -4.68. The summed E-state index contributed by atoms with van der Waals surface area (Å²) in [5, 5.41) is 13.2. The van der Waals surface area contributed by atoms with Crippen LogP contribution >= 0.6 is 0 Å². The van der Waals surface area contributed by atoms with Crippen LogP contribution in [0.25, 0.3) is 0 Å². The lowest BCUT2D eigenvalue weighted by molar-refractivity contribution is -0.137. The van der Waals surface area contributed by atoms with Crippen molar-refractivity contribution < 1.29 is 36.2 Å². The molecule has 0 atom stereocenters. The third kappa shape index (κ3) is 7.35. The molecule has 2 N–H and O–H groups in total. The van der Waals surface area contributed by atoms with Crippen molar-refractivity contribution in [2.24, 2.45) is 5.92 Å². The number of hydrogen-bond donors (Lipinski definition) is 2. The van der Waals surface area contributed by atoms with Crippen molar-refractivity contribution in [1.29, 1.82) is 0 Å². The molecule has 0 aliphatic carbocycles. The molecule has 0 bridgehead atoms. The molecule has 11 heteroatoms. The number of aliphatic hydroxyl groups is 1. The van der Waals surface area contributed by atoms with E-state index in [0.29, 0.717) is 25.2 Å². The number of hydrogen-bond acceptors (Lipinski definition) is 5. The van der Waals surface area contributed by atoms with Crippen LogP contribution in [0.15, 0.2) is 47.4 Å². The Labute approximate surface area is 202 Å². The molecule has 1 saturated heterocycles. The summed E-state index contributed by atoms with van der Waals surface area (Å²) in [5.74, 6) is 0.258. The molecule has 1 aliphatic rings. The first-order valence-corrected chi connectivity index (χ1v) is 13.0. The maximum atomic E-state index is 13.5. The first kappa shape index (κ1) is 26.8. The number of likely N-dealkylation sites (tertiary alicyclic amines) is 1. The molecule has 3 rings (SSSR count). The average molecular weight is 515 g/mol. The van der Waals surface area contributed by atoms with Gasteiger partial charge in [-0.3, -0.25) is 0 Å². The summed E-state index contributed by atoms with van der Waals surface area (Å²) in [5.41, 5.74) is -1.96. The Morgan fingerprint density at radius 2 is 1.71 bits per heavy atom. The van der Waals surface area contributed by atoms with Crippen molar-refractivity contribution >= 4 is 21.6 Å². The summed E-state index contributed by atoms with van der Waals surface area (Å²) in [6, 6.07) is 7.55. The van der Waals surface area contributed by atoms with Gasteiger partial charge in [0.25, 0.3) is 0 Å². The van der Waals surface area contributed by atoms with E-state index in [4.69, 9.17) is 4.74 Å². The van der Waals surface area contributed by atoms with Gasteiger partial charge in [0.05, 0.1) is 16.1 Å². The number of nitrogens with one attached hydrogen (secondary N) is 1. The average Bonchev–Trinajstić information content (AvgIpc) is 2.72. The van der Waals surface area contributed by atoms with Crippen molar-refractivity contribution in [2.75, 3.05) is 24.7 Å². The number of urea groups is 1. The van der Waals surface area contributed by atoms with Crippen LogP contribution < -0.4 is 10.1 Å². The summed E-state index contributed by atoms with van der Waals surface area (Å²) < 4.78 is 69.1. The monoisotopic (exact) mass is 514 g/mol. The summed E-state index contributed by atoms with van der Waals surface area (Å²) in [7, 11) is -3.44. The number of halogens is 3. The van der Waals surface area contributed by atoms with Crippen molar-refractivity contribution in [3.8, 4) is 11.5 Å². The van der Waals surface area contributed by atoms with Crippen LogP contribution in [0, 0.1) is 5.92 Å². The lowest BCUT2D eigenvalue weighted by Gasteiger charge is -2.39. The van der Waals surface area contributed by atoms with Gasteiger partial charge in [-0.2, -0.15) is 13.2 Å². The summed E-state index contributed by atoms with van der Waals surface area (Å²) in [6.07, 6.45) is -2.25. The molecule has 1 aliphatic heterocycles. The first-order chi connectivity index (χ1) is 16.1. The van der Waals surface area contributed by atoms with Crippen LogP contribution in [0.3, 0.4) is 0 Å². The zero-order valence-corrected chi connectivity index (χ0v) is 20.5. The van der Waals surface area contributed by atoms with E-state index in [-0.39, 0.29) is 35.2 Å². The fourth-order valence-corrected chi connectivity index (χ4v) is 4.71. The van der Waals surface area contributed by atoms with Gasteiger partial charge in [0.1, 0.15) is 11.5 Å². The molecule has 2 aromatic carbocycles. The topological polar surface area (TPSA) is 95.9 Å². The maximum absolute atomic E-state index is 13.5. The number of alkyl halides is 3. The van der Waals surface area contributed by atoms with E-state index in [0.717, 1.165) is 18.4 Å². The van der Waals surface area contributed by atoms with Gasteiger partial charge in [0.2, 0.25) is 0 Å². The highest BCUT2D eigenvalue weighted by Crippen LogP contribution is 2.36. The molecule has 0 spiro atoms. The van der Waals surface area contributed by atoms with Crippen LogP contribution in [0.1, 0.15) is 38.7 Å². The third-order valence-electron chi connectivity index (χ3n) is 5.74. The minimum Gasteiger partial charge on any atom is -0.457 e. The van der Waals surface area contributed by atoms with Gasteiger partial charge < -0.3 is 20.1 Å². The molecule has 0 unspecified atom stereocenters. The number of rotatable bonds is 6. The van der Waals surface area contributed by atoms with E-state index in [2.05, 4.69) is 5.32 Å². The molecule has 7 nitrogen and oxygen atoms in total. The van der Waals surface area contributed by atoms with Crippen LogP contribution in [0.4, 0.5) is 23.7 Å². The first-order valence-electron chi connectivity index (χ1n) is 11.1. The van der Waals surface area contributed by atoms with Gasteiger partial charge in [0.15, 0.2) is 9.84 Å². The van der Waals surface area contributed by atoms with Crippen LogP contribution in [-0.4, -0.2) is 49.4 Å². The zero-order valence-electron chi connectivity index (χ0n) is 19.7. The quantitative estimate of drug-likeness (QED) is 0.545. The molecule has 1 fully saturated rings. The van der Waals surface area contributed by atoms with Gasteiger partial charge in [-0.15, -0.1) is 0 Å². The normalized spacial score (nSPS) is 16.3. The van der Waals surface area contributed by atoms with Crippen LogP contribution in [0.2, 0.25) is 0 Å². The summed E-state index contributed by atoms with van der Waals surface area (Å²) in [4.78, 5) is 14.2. The minimum absolute atomic E-state index is 0.0451. The number of nitrogens with zero attached hydrogens (tertiary/aromatic N) is 1. The molecule has 192 valence electrons. The van der Waals surface area contributed by atoms with Gasteiger partial charge in [-0.05, 0) is 61.6 Å². The Balaban J connectivity index is 1.76. The van der Waals surface area contributed by atoms with Gasteiger partial charge in [-0.1, -0.05) is 13.8 Å². The smallest absolute Gasteiger partial charge is 0.416 e. The molecular weight excluding hydrogens is 485 g/mol. The fraction of sp³-hybridized carbons (Fsp3) is 0.458. The number of carbonyl (C=O) groups excluding carboxylic acids is 1. The molecule has 35 heavy (non-hydrogen) atoms. The standard InChI is InChI=1S/C24H29F3N2O5S/c1-16(2)15-23(31)8-10-29(11-9-23)22(30)28-18-12-17(24(25,26)27)13-20(14-18)34-19-4-6-21(7-5-19)35(3,32)33/h4-7,12-14,16,31H,8-11,15H2,1-3H3,(H,28,30). The predicted molar refractivity (Wildman–Crippen MR) is 125 cm³/mol. The highest BCUT2D eigenvalue weighted by atomic mass is 32.2. The molecule has 0 radical (unpaired) electrons. The highest BCUT2D eigenvalue weighted by Gasteiger charge is 2.35. The predicted octanol–water partition coefficient (Wildman–Crippen LogP) is 5.31. The largest absolute Gasteiger partial charge is 0.457 e. The number of anilines is 1. The number of amides is 2. The molecule has 2 aromatic rings. The second kappa shape index (κ2) is 10.1. The molecular formula is C24H29F3N2O5S. The van der Waals surface area contributed by atoms with Crippen molar-refractivity contribution in [2.45, 2.75) is 49.8 Å². The summed E-state index contributed by atoms with van der Waals surface area (Å²) >= 11 is 0. The fourth-order valence-electron chi connectivity index (χ4n) is 4.08. The van der Waals surface area contributed by atoms with Gasteiger partial charge >= 0.3 is 12.2 Å². The van der Waals surface area contributed by atoms with E-state index in [9.17, 15) is 31.5 Å². The van der Waals surface area contributed by atoms with Crippen LogP contribution in [0.5, 0.6) is 11.5 Å². The second-order valence-corrected chi connectivity index (χ2v) is 11.3. The number of sulfone groups is 1. The summed E-state index contributed by atoms with van der Waals surface area (Å²) in [6.45, 7) is 4.57. The highest BCUT2D eigenvalue weighted by molar-refractivity contribution is 7.90. The Morgan fingerprint density at radius 1 is 1.11 bits per heavy atom. The molecule has 0 aromatic heterocycles. The zero-order chi connectivity index (χ0) is 26.0. The third-order valence-corrected chi connectivity index (χ3v) is 6.87. The number of carbonyl (C=O) groups is 1. The van der Waals surface area contributed by atoms with E-state index >= 15 is 0 Å². The van der Waals surface area contributed by atoms with Crippen LogP contribution in [-0.2, 0) is 16.0 Å². The SMILES string of the molecule is CC(C)CC1(O)CCN(C(=O)Nc2cc(Oc3ccc(S(C)(=O)=O)cc3)cc(C(F)(F)F)c2)CC1. The van der Waals surface area contributed by atoms with E-state index < -0.39 is 33.2 Å². The van der Waals surface area contributed by atoms with Gasteiger partial charge in [-0.25, -0.2) is 13.2 Å².